The number of aryl methyl sites for hydroxylation is 1. The quantitative estimate of drug-likeness (QED) is 0.675. The monoisotopic (exact) mass is 257 g/mol. The van der Waals surface area contributed by atoms with Gasteiger partial charge >= 0.3 is 0 Å². The van der Waals surface area contributed by atoms with E-state index in [1.165, 1.54) is 4.57 Å². The van der Waals surface area contributed by atoms with Gasteiger partial charge in [-0.25, -0.2) is 4.98 Å². The zero-order valence-corrected chi connectivity index (χ0v) is 9.24. The lowest BCUT2D eigenvalue weighted by molar-refractivity contribution is 0.838. The van der Waals surface area contributed by atoms with Gasteiger partial charge in [-0.3, -0.25) is 9.36 Å². The van der Waals surface area contributed by atoms with Crippen molar-refractivity contribution in [2.45, 2.75) is 0 Å². The number of anilines is 1. The molecule has 0 aromatic carbocycles. The first-order valence-electron chi connectivity index (χ1n) is 3.87. The van der Waals surface area contributed by atoms with Crippen LogP contribution in [0.5, 0.6) is 0 Å². The Labute approximate surface area is 87.5 Å². The molecule has 0 aliphatic rings. The third-order valence-corrected chi connectivity index (χ3v) is 2.80. The number of hydrogen-bond acceptors (Lipinski definition) is 4. The Bertz CT molecular complexity index is 569. The number of nitrogens with zero attached hydrogens (tertiary/aromatic N) is 4. The summed E-state index contributed by atoms with van der Waals surface area (Å²) in [5, 5.41) is 0. The van der Waals surface area contributed by atoms with Gasteiger partial charge < -0.3 is 10.3 Å². The van der Waals surface area contributed by atoms with Crippen molar-refractivity contribution in [3.05, 3.63) is 15.1 Å². The number of imidazole rings is 1. The van der Waals surface area contributed by atoms with Crippen LogP contribution >= 0.6 is 15.9 Å². The van der Waals surface area contributed by atoms with Crippen LogP contribution < -0.4 is 11.3 Å². The number of nitrogens with two attached hydrogens (primary N) is 1. The third kappa shape index (κ3) is 1.05. The van der Waals surface area contributed by atoms with Crippen LogP contribution in [0.3, 0.4) is 0 Å². The van der Waals surface area contributed by atoms with Crippen LogP contribution in [0.1, 0.15) is 0 Å². The number of fused-ring (bicyclic) bond motifs is 1. The Morgan fingerprint density at radius 2 is 1.93 bits per heavy atom. The third-order valence-electron chi connectivity index (χ3n) is 2.09. The summed E-state index contributed by atoms with van der Waals surface area (Å²) in [6.45, 7) is 0. The zero-order chi connectivity index (χ0) is 10.5. The van der Waals surface area contributed by atoms with Crippen molar-refractivity contribution in [1.82, 2.24) is 19.1 Å². The van der Waals surface area contributed by atoms with Crippen LogP contribution in [0.4, 0.5) is 5.95 Å². The molecule has 2 N–H and O–H groups in total. The fourth-order valence-corrected chi connectivity index (χ4v) is 1.57. The Morgan fingerprint density at radius 1 is 1.29 bits per heavy atom. The molecule has 7 heteroatoms. The molecule has 0 amide bonds. The topological polar surface area (TPSA) is 78.7 Å². The summed E-state index contributed by atoms with van der Waals surface area (Å²) in [5.41, 5.74) is 6.13. The maximum Gasteiger partial charge on any atom is 0.280 e. The van der Waals surface area contributed by atoms with Crippen molar-refractivity contribution in [3.8, 4) is 0 Å². The molecule has 0 unspecified atom stereocenters. The van der Waals surface area contributed by atoms with Gasteiger partial charge in [0.05, 0.1) is 0 Å². The molecule has 2 aromatic heterocycles. The van der Waals surface area contributed by atoms with Gasteiger partial charge in [0.15, 0.2) is 15.9 Å². The van der Waals surface area contributed by atoms with Crippen LogP contribution in [0, 0.1) is 0 Å². The van der Waals surface area contributed by atoms with Crippen LogP contribution in [0.2, 0.25) is 0 Å². The molecule has 14 heavy (non-hydrogen) atoms. The molecule has 0 radical (unpaired) electrons. The number of nitrogen functional groups attached to an aromatic ring is 1. The van der Waals surface area contributed by atoms with Crippen LogP contribution in [0.25, 0.3) is 11.2 Å². The molecular formula is C7H8BrN5O. The average Bonchev–Trinajstić information content (AvgIpc) is 2.39. The van der Waals surface area contributed by atoms with Crippen LogP contribution in [-0.4, -0.2) is 19.1 Å². The molecule has 2 aromatic rings. The van der Waals surface area contributed by atoms with Gasteiger partial charge in [-0.15, -0.1) is 0 Å². The summed E-state index contributed by atoms with van der Waals surface area (Å²) in [6, 6.07) is 0. The van der Waals surface area contributed by atoms with Gasteiger partial charge in [0.2, 0.25) is 5.95 Å². The van der Waals surface area contributed by atoms with Gasteiger partial charge in [0.25, 0.3) is 5.56 Å². The van der Waals surface area contributed by atoms with E-state index in [0.29, 0.717) is 15.9 Å². The Hall–Kier alpha value is -1.37. The summed E-state index contributed by atoms with van der Waals surface area (Å²) in [4.78, 5) is 19.8. The lowest BCUT2D eigenvalue weighted by atomic mass is 10.5. The summed E-state index contributed by atoms with van der Waals surface area (Å²) in [6.07, 6.45) is 0. The highest BCUT2D eigenvalue weighted by atomic mass is 79.9. The summed E-state index contributed by atoms with van der Waals surface area (Å²) >= 11 is 3.21. The molecule has 0 saturated carbocycles. The molecule has 2 heterocycles. The summed E-state index contributed by atoms with van der Waals surface area (Å²) in [5.74, 6) is 0.160. The number of rotatable bonds is 0. The fourth-order valence-electron chi connectivity index (χ4n) is 1.22. The standard InChI is InChI=1S/C7H8BrN5O/c1-12-3-4(10-6(12)8)11-7(9)13(2)5(3)14/h1-2H3,(H2,9,11). The maximum atomic E-state index is 11.7. The largest absolute Gasteiger partial charge is 0.369 e. The number of halogens is 1. The van der Waals surface area contributed by atoms with Crippen molar-refractivity contribution in [2.75, 3.05) is 5.73 Å². The average molecular weight is 258 g/mol. The van der Waals surface area contributed by atoms with E-state index in [4.69, 9.17) is 5.73 Å². The minimum atomic E-state index is -0.201. The van der Waals surface area contributed by atoms with Gasteiger partial charge in [-0.2, -0.15) is 4.98 Å². The summed E-state index contributed by atoms with van der Waals surface area (Å²) < 4.78 is 3.48. The van der Waals surface area contributed by atoms with E-state index in [9.17, 15) is 4.79 Å². The Morgan fingerprint density at radius 3 is 2.57 bits per heavy atom. The molecule has 0 spiro atoms. The predicted octanol–water partition coefficient (Wildman–Crippen LogP) is 0.0117. The van der Waals surface area contributed by atoms with Gasteiger partial charge in [0, 0.05) is 14.1 Å². The molecule has 2 rings (SSSR count). The zero-order valence-electron chi connectivity index (χ0n) is 7.65. The predicted molar refractivity (Wildman–Crippen MR) is 55.9 cm³/mol. The van der Waals surface area contributed by atoms with Crippen LogP contribution in [-0.2, 0) is 14.1 Å². The summed E-state index contributed by atoms with van der Waals surface area (Å²) in [7, 11) is 3.31. The normalized spacial score (nSPS) is 11.1. The van der Waals surface area contributed by atoms with E-state index in [1.54, 1.807) is 18.7 Å². The first-order chi connectivity index (χ1) is 6.52. The minimum absolute atomic E-state index is 0.160. The SMILES string of the molecule is Cn1c(N)nc2nc(Br)n(C)c2c1=O. The van der Waals surface area contributed by atoms with Crippen molar-refractivity contribution < 1.29 is 0 Å². The lowest BCUT2D eigenvalue weighted by Gasteiger charge is -2.01. The van der Waals surface area contributed by atoms with E-state index in [-0.39, 0.29) is 11.5 Å². The van der Waals surface area contributed by atoms with Crippen molar-refractivity contribution in [1.29, 1.82) is 0 Å². The second-order valence-electron chi connectivity index (χ2n) is 2.95. The molecule has 0 atom stereocenters. The van der Waals surface area contributed by atoms with E-state index in [1.807, 2.05) is 0 Å². The molecule has 0 fully saturated rings. The highest BCUT2D eigenvalue weighted by Gasteiger charge is 2.12. The number of hydrogen-bond donors (Lipinski definition) is 1. The van der Waals surface area contributed by atoms with Crippen molar-refractivity contribution >= 4 is 33.0 Å². The molecule has 74 valence electrons. The van der Waals surface area contributed by atoms with E-state index >= 15 is 0 Å². The molecule has 6 nitrogen and oxygen atoms in total. The van der Waals surface area contributed by atoms with Crippen molar-refractivity contribution in [3.63, 3.8) is 0 Å². The van der Waals surface area contributed by atoms with Crippen molar-refractivity contribution in [2.24, 2.45) is 14.1 Å². The van der Waals surface area contributed by atoms with Crippen LogP contribution in [0.15, 0.2) is 9.53 Å². The minimum Gasteiger partial charge on any atom is -0.369 e. The second-order valence-corrected chi connectivity index (χ2v) is 3.66. The van der Waals surface area contributed by atoms with Gasteiger partial charge in [-0.1, -0.05) is 0 Å². The highest BCUT2D eigenvalue weighted by Crippen LogP contribution is 2.14. The number of aromatic nitrogens is 4. The lowest BCUT2D eigenvalue weighted by Crippen LogP contribution is -2.22. The molecule has 0 aliphatic carbocycles. The van der Waals surface area contributed by atoms with E-state index in [2.05, 4.69) is 25.9 Å². The Kier molecular flexibility index (Phi) is 1.84. The molecule has 0 saturated heterocycles. The first-order valence-corrected chi connectivity index (χ1v) is 4.66. The molecule has 0 aliphatic heterocycles. The molecular weight excluding hydrogens is 250 g/mol. The first kappa shape index (κ1) is 9.20. The maximum absolute atomic E-state index is 11.7. The van der Waals surface area contributed by atoms with E-state index < -0.39 is 0 Å². The fraction of sp³-hybridized carbons (Fsp3) is 0.286. The second kappa shape index (κ2) is 2.81. The van der Waals surface area contributed by atoms with Gasteiger partial charge in [-0.05, 0) is 15.9 Å². The van der Waals surface area contributed by atoms with E-state index in [0.717, 1.165) is 0 Å². The highest BCUT2D eigenvalue weighted by molar-refractivity contribution is 9.10. The Balaban J connectivity index is 3.07. The smallest absolute Gasteiger partial charge is 0.280 e. The van der Waals surface area contributed by atoms with Gasteiger partial charge in [0.1, 0.15) is 0 Å². The molecule has 0 bridgehead atoms.